The molecule has 7 N–H and O–H groups in total. The molecule has 3 fully saturated rings. The van der Waals surface area contributed by atoms with Gasteiger partial charge in [0.2, 0.25) is 29.5 Å². The van der Waals surface area contributed by atoms with Crippen molar-refractivity contribution in [3.63, 3.8) is 0 Å². The molecule has 13 nitrogen and oxygen atoms in total. The van der Waals surface area contributed by atoms with Gasteiger partial charge in [-0.25, -0.2) is 0 Å². The Labute approximate surface area is 291 Å². The Morgan fingerprint density at radius 1 is 0.837 bits per heavy atom. The number of carbonyl (C=O) groups excluding carboxylic acids is 5. The van der Waals surface area contributed by atoms with Crippen LogP contribution in [0.25, 0.3) is 0 Å². The molecule has 1 aliphatic heterocycles. The first-order valence-corrected chi connectivity index (χ1v) is 18.4. The molecule has 3 aliphatic rings. The van der Waals surface area contributed by atoms with Gasteiger partial charge in [0.05, 0.1) is 18.8 Å². The van der Waals surface area contributed by atoms with Gasteiger partial charge in [0, 0.05) is 39.1 Å². The monoisotopic (exact) mass is 695 g/mol. The number of nitrogens with one attached hydrogen (secondary N) is 4. The second-order valence-corrected chi connectivity index (χ2v) is 15.0. The van der Waals surface area contributed by atoms with Crippen molar-refractivity contribution in [2.45, 2.75) is 141 Å². The van der Waals surface area contributed by atoms with Crippen molar-refractivity contribution in [3.05, 3.63) is 0 Å². The average molecular weight is 696 g/mol. The lowest BCUT2D eigenvalue weighted by molar-refractivity contribution is -0.145. The highest BCUT2D eigenvalue weighted by atomic mass is 19.1. The molecule has 2 aliphatic carbocycles. The van der Waals surface area contributed by atoms with Gasteiger partial charge in [0.25, 0.3) is 0 Å². The number of halogens is 1. The lowest BCUT2D eigenvalue weighted by Crippen LogP contribution is -2.64. The van der Waals surface area contributed by atoms with Crippen molar-refractivity contribution in [1.29, 1.82) is 0 Å². The van der Waals surface area contributed by atoms with Crippen LogP contribution in [0.5, 0.6) is 0 Å². The Hall–Kier alpha value is -2.84. The summed E-state index contributed by atoms with van der Waals surface area (Å²) in [5.41, 5.74) is 5.93. The Kier molecular flexibility index (Phi) is 16.2. The summed E-state index contributed by atoms with van der Waals surface area (Å²) in [5, 5.41) is 21.6. The van der Waals surface area contributed by atoms with Crippen LogP contribution < -0.4 is 27.0 Å². The smallest absolute Gasteiger partial charge is 0.245 e. The van der Waals surface area contributed by atoms with Crippen LogP contribution in [0.2, 0.25) is 0 Å². The van der Waals surface area contributed by atoms with E-state index in [9.17, 15) is 33.5 Å². The van der Waals surface area contributed by atoms with Crippen molar-refractivity contribution in [3.8, 4) is 0 Å². The summed E-state index contributed by atoms with van der Waals surface area (Å²) in [6.45, 7) is 6.71. The van der Waals surface area contributed by atoms with Crippen LogP contribution in [0.3, 0.4) is 0 Å². The topological polar surface area (TPSA) is 186 Å². The zero-order valence-corrected chi connectivity index (χ0v) is 30.2. The number of aliphatic hydroxyl groups excluding tert-OH is 1. The molecule has 3 rings (SSSR count). The van der Waals surface area contributed by atoms with E-state index in [1.165, 1.54) is 11.8 Å². The molecular weight excluding hydrogens is 633 g/mol. The highest BCUT2D eigenvalue weighted by Gasteiger charge is 2.40. The molecule has 1 saturated heterocycles. The van der Waals surface area contributed by atoms with E-state index < -0.39 is 78.6 Å². The lowest BCUT2D eigenvalue weighted by Gasteiger charge is -2.39. The second kappa shape index (κ2) is 19.5. The van der Waals surface area contributed by atoms with Gasteiger partial charge in [-0.05, 0) is 63.7 Å². The maximum Gasteiger partial charge on any atom is 0.245 e. The van der Waals surface area contributed by atoms with Gasteiger partial charge >= 0.3 is 0 Å². The van der Waals surface area contributed by atoms with E-state index >= 15 is 0 Å². The van der Waals surface area contributed by atoms with Crippen LogP contribution in [-0.4, -0.2) is 120 Å². The van der Waals surface area contributed by atoms with E-state index in [0.717, 1.165) is 44.9 Å². The van der Waals surface area contributed by atoms with Crippen molar-refractivity contribution in [2.24, 2.45) is 23.5 Å². The predicted octanol–water partition coefficient (Wildman–Crippen LogP) is 0.972. The Morgan fingerprint density at radius 3 is 2.04 bits per heavy atom. The van der Waals surface area contributed by atoms with Crippen molar-refractivity contribution >= 4 is 29.5 Å². The van der Waals surface area contributed by atoms with Crippen LogP contribution in [0.4, 0.5) is 4.39 Å². The molecule has 0 aromatic heterocycles. The SMILES string of the molecule is CC(C)C[C@H]1C(=O)N[C@@H](C2CCCCC2)C(=O)N[C@@H](CN)C(=O)N[C@@H]([C@H](C)O)C(=O)N[C@H](C)CN(CC2CCCC2)[C@@H](CCF)C(=O)N1C. The molecule has 7 atom stereocenters. The molecule has 1 heterocycles. The third kappa shape index (κ3) is 11.6. The van der Waals surface area contributed by atoms with Gasteiger partial charge in [-0.2, -0.15) is 0 Å². The summed E-state index contributed by atoms with van der Waals surface area (Å²) in [4.78, 5) is 72.7. The molecule has 0 spiro atoms. The standard InChI is InChI=1S/C35H62FN7O6/c1-21(2)17-28-32(46)41-30(25-13-7-6-8-14-25)34(48)39-26(18-37)31(45)40-29(23(4)44)33(47)38-22(3)19-43(20-24-11-9-10-12-24)27(15-16-36)35(49)42(28)5/h21-30,44H,6-20,37H2,1-5H3,(H,38,47)(H,39,48)(H,40,45)(H,41,46)/t22-,23+,26+,27+,28+,29+,30+/m1/s1. The predicted molar refractivity (Wildman–Crippen MR) is 185 cm³/mol. The number of nitrogens with zero attached hydrogens (tertiary/aromatic N) is 2. The van der Waals surface area contributed by atoms with E-state index in [2.05, 4.69) is 21.3 Å². The second-order valence-electron chi connectivity index (χ2n) is 15.0. The summed E-state index contributed by atoms with van der Waals surface area (Å²) in [6, 6.07) is -5.97. The minimum Gasteiger partial charge on any atom is -0.391 e. The minimum absolute atomic E-state index is 0.0162. The van der Waals surface area contributed by atoms with Crippen molar-refractivity contribution < 1.29 is 33.5 Å². The van der Waals surface area contributed by atoms with E-state index in [1.807, 2.05) is 18.7 Å². The summed E-state index contributed by atoms with van der Waals surface area (Å²) in [5.74, 6) is -2.75. The third-order valence-corrected chi connectivity index (χ3v) is 10.4. The maximum atomic E-state index is 14.4. The lowest BCUT2D eigenvalue weighted by atomic mass is 9.83. The Bertz CT molecular complexity index is 1110. The Morgan fingerprint density at radius 2 is 1.47 bits per heavy atom. The fraction of sp³-hybridized carbons (Fsp3) is 0.857. The van der Waals surface area contributed by atoms with Crippen molar-refractivity contribution in [2.75, 3.05) is 33.4 Å². The number of nitrogens with two attached hydrogens (primary N) is 1. The van der Waals surface area contributed by atoms with Gasteiger partial charge < -0.3 is 37.0 Å². The average Bonchev–Trinajstić information content (AvgIpc) is 3.57. The molecule has 0 radical (unpaired) electrons. The summed E-state index contributed by atoms with van der Waals surface area (Å²) < 4.78 is 14.2. The summed E-state index contributed by atoms with van der Waals surface area (Å²) >= 11 is 0. The van der Waals surface area contributed by atoms with Gasteiger partial charge in [-0.3, -0.25) is 33.3 Å². The van der Waals surface area contributed by atoms with Crippen LogP contribution >= 0.6 is 0 Å². The molecule has 0 unspecified atom stereocenters. The highest BCUT2D eigenvalue weighted by Crippen LogP contribution is 2.29. The number of amides is 5. The van der Waals surface area contributed by atoms with Crippen LogP contribution in [0.1, 0.15) is 98.3 Å². The fourth-order valence-electron chi connectivity index (χ4n) is 7.69. The Balaban J connectivity index is 2.09. The van der Waals surface area contributed by atoms with Gasteiger partial charge in [0.1, 0.15) is 24.2 Å². The minimum atomic E-state index is -1.36. The molecule has 0 aromatic carbocycles. The molecule has 280 valence electrons. The van der Waals surface area contributed by atoms with E-state index in [4.69, 9.17) is 5.73 Å². The summed E-state index contributed by atoms with van der Waals surface area (Å²) in [7, 11) is 1.56. The van der Waals surface area contributed by atoms with Crippen LogP contribution in [0.15, 0.2) is 0 Å². The molecule has 0 aromatic rings. The number of carbonyl (C=O) groups is 5. The molecule has 5 amide bonds. The van der Waals surface area contributed by atoms with E-state index in [1.54, 1.807) is 14.0 Å². The fourth-order valence-corrected chi connectivity index (χ4v) is 7.69. The van der Waals surface area contributed by atoms with Crippen LogP contribution in [0, 0.1) is 17.8 Å². The first kappa shape index (κ1) is 40.6. The van der Waals surface area contributed by atoms with E-state index in [0.29, 0.717) is 31.7 Å². The number of hydrogen-bond acceptors (Lipinski definition) is 8. The zero-order valence-electron chi connectivity index (χ0n) is 30.2. The number of rotatable bonds is 9. The van der Waals surface area contributed by atoms with E-state index in [-0.39, 0.29) is 31.3 Å². The number of hydrogen-bond donors (Lipinski definition) is 6. The van der Waals surface area contributed by atoms with Gasteiger partial charge in [0.15, 0.2) is 0 Å². The number of alkyl halides is 1. The maximum absolute atomic E-state index is 14.4. The first-order chi connectivity index (χ1) is 23.3. The molecule has 2 saturated carbocycles. The molecule has 49 heavy (non-hydrogen) atoms. The largest absolute Gasteiger partial charge is 0.391 e. The highest BCUT2D eigenvalue weighted by molar-refractivity contribution is 5.96. The van der Waals surface area contributed by atoms with Crippen molar-refractivity contribution in [1.82, 2.24) is 31.1 Å². The normalized spacial score (nSPS) is 30.7. The van der Waals surface area contributed by atoms with Crippen LogP contribution in [-0.2, 0) is 24.0 Å². The zero-order chi connectivity index (χ0) is 36.2. The molecular formula is C35H62FN7O6. The van der Waals surface area contributed by atoms with Gasteiger partial charge in [-0.1, -0.05) is 46.0 Å². The third-order valence-electron chi connectivity index (χ3n) is 10.4. The number of likely N-dealkylation sites (N-methyl/N-ethyl adjacent to an activating group) is 1. The first-order valence-electron chi connectivity index (χ1n) is 18.4. The summed E-state index contributed by atoms with van der Waals surface area (Å²) in [6.07, 6.45) is 7.19. The quantitative estimate of drug-likeness (QED) is 0.206. The molecule has 0 bridgehead atoms. The van der Waals surface area contributed by atoms with Gasteiger partial charge in [-0.15, -0.1) is 0 Å². The molecule has 14 heteroatoms. The number of aliphatic hydroxyl groups is 1.